The molecule has 186 valence electrons. The van der Waals surface area contributed by atoms with Crippen molar-refractivity contribution in [1.29, 1.82) is 0 Å². The van der Waals surface area contributed by atoms with E-state index in [1.54, 1.807) is 36.4 Å². The molecule has 0 radical (unpaired) electrons. The van der Waals surface area contributed by atoms with Gasteiger partial charge < -0.3 is 29.6 Å². The summed E-state index contributed by atoms with van der Waals surface area (Å²) in [5.41, 5.74) is 1.33. The molecule has 35 heavy (non-hydrogen) atoms. The Hall–Kier alpha value is -4.01. The van der Waals surface area contributed by atoms with E-state index in [2.05, 4.69) is 10.6 Å². The SMILES string of the molecule is COc1cc(/C=C/C(=O)OCC(=O)Nc2ccccc2C(=O)NC2CCCC2)cc(OC)c1OC. The van der Waals surface area contributed by atoms with Crippen LogP contribution in [-0.2, 0) is 14.3 Å². The highest BCUT2D eigenvalue weighted by molar-refractivity contribution is 6.04. The number of benzene rings is 2. The monoisotopic (exact) mass is 482 g/mol. The topological polar surface area (TPSA) is 112 Å². The van der Waals surface area contributed by atoms with Crippen LogP contribution < -0.4 is 24.8 Å². The van der Waals surface area contributed by atoms with Crippen molar-refractivity contribution in [3.8, 4) is 17.2 Å². The van der Waals surface area contributed by atoms with E-state index in [-0.39, 0.29) is 11.9 Å². The highest BCUT2D eigenvalue weighted by Crippen LogP contribution is 2.38. The number of amides is 2. The van der Waals surface area contributed by atoms with Crippen LogP contribution in [0.4, 0.5) is 5.69 Å². The van der Waals surface area contributed by atoms with Crippen LogP contribution in [0.1, 0.15) is 41.6 Å². The number of anilines is 1. The fourth-order valence-electron chi connectivity index (χ4n) is 3.86. The molecule has 9 nitrogen and oxygen atoms in total. The Labute approximate surface area is 204 Å². The van der Waals surface area contributed by atoms with Crippen molar-refractivity contribution in [3.05, 3.63) is 53.6 Å². The highest BCUT2D eigenvalue weighted by atomic mass is 16.5. The third-order valence-electron chi connectivity index (χ3n) is 5.58. The van der Waals surface area contributed by atoms with E-state index < -0.39 is 18.5 Å². The molecule has 0 spiro atoms. The Balaban J connectivity index is 1.56. The Bertz CT molecular complexity index is 1070. The normalized spacial score (nSPS) is 13.3. The molecule has 0 aromatic heterocycles. The molecule has 0 bridgehead atoms. The average Bonchev–Trinajstić information content (AvgIpc) is 3.38. The second-order valence-electron chi connectivity index (χ2n) is 7.95. The lowest BCUT2D eigenvalue weighted by atomic mass is 10.1. The minimum atomic E-state index is -0.707. The molecular formula is C26H30N2O7. The molecule has 2 amide bonds. The molecule has 0 aliphatic heterocycles. The van der Waals surface area contributed by atoms with Crippen LogP contribution in [0, 0.1) is 0 Å². The first-order valence-corrected chi connectivity index (χ1v) is 11.3. The maximum Gasteiger partial charge on any atom is 0.331 e. The number of rotatable bonds is 10. The number of carbonyl (C=O) groups excluding carboxylic acids is 3. The maximum absolute atomic E-state index is 12.6. The summed E-state index contributed by atoms with van der Waals surface area (Å²) >= 11 is 0. The predicted molar refractivity (Wildman–Crippen MR) is 131 cm³/mol. The number of para-hydroxylation sites is 1. The van der Waals surface area contributed by atoms with Crippen LogP contribution in [0.15, 0.2) is 42.5 Å². The molecule has 0 heterocycles. The van der Waals surface area contributed by atoms with E-state index in [0.717, 1.165) is 25.7 Å². The van der Waals surface area contributed by atoms with Crippen LogP contribution in [0.2, 0.25) is 0 Å². The number of ether oxygens (including phenoxy) is 4. The standard InChI is InChI=1S/C26H30N2O7/c1-32-21-14-17(15-22(33-2)25(21)34-3)12-13-24(30)35-16-23(29)28-20-11-7-6-10-19(20)26(31)27-18-8-4-5-9-18/h6-7,10-15,18H,4-5,8-9,16H2,1-3H3,(H,27,31)(H,28,29)/b13-12+. The molecular weight excluding hydrogens is 452 g/mol. The van der Waals surface area contributed by atoms with Gasteiger partial charge in [-0.25, -0.2) is 4.79 Å². The summed E-state index contributed by atoms with van der Waals surface area (Å²) in [5, 5.41) is 5.64. The minimum absolute atomic E-state index is 0.157. The second kappa shape index (κ2) is 12.5. The predicted octanol–water partition coefficient (Wildman–Crippen LogP) is 3.58. The summed E-state index contributed by atoms with van der Waals surface area (Å²) in [6.45, 7) is -0.503. The van der Waals surface area contributed by atoms with Gasteiger partial charge in [0.25, 0.3) is 11.8 Å². The van der Waals surface area contributed by atoms with Gasteiger partial charge >= 0.3 is 5.97 Å². The zero-order valence-electron chi connectivity index (χ0n) is 20.1. The van der Waals surface area contributed by atoms with E-state index in [1.165, 1.54) is 33.5 Å². The van der Waals surface area contributed by atoms with Crippen molar-refractivity contribution in [3.63, 3.8) is 0 Å². The molecule has 2 aromatic carbocycles. The maximum atomic E-state index is 12.6. The number of hydrogen-bond acceptors (Lipinski definition) is 7. The van der Waals surface area contributed by atoms with Gasteiger partial charge in [-0.2, -0.15) is 0 Å². The van der Waals surface area contributed by atoms with Gasteiger partial charge in [0.2, 0.25) is 5.75 Å². The molecule has 1 aliphatic rings. The molecule has 1 fully saturated rings. The van der Waals surface area contributed by atoms with E-state index in [4.69, 9.17) is 18.9 Å². The van der Waals surface area contributed by atoms with Gasteiger partial charge in [-0.1, -0.05) is 25.0 Å². The summed E-state index contributed by atoms with van der Waals surface area (Å²) in [4.78, 5) is 37.1. The van der Waals surface area contributed by atoms with Gasteiger partial charge in [-0.3, -0.25) is 9.59 Å². The summed E-state index contributed by atoms with van der Waals surface area (Å²) in [6.07, 6.45) is 6.81. The first-order valence-electron chi connectivity index (χ1n) is 11.3. The number of hydrogen-bond donors (Lipinski definition) is 2. The number of methoxy groups -OCH3 is 3. The van der Waals surface area contributed by atoms with Crippen LogP contribution in [0.25, 0.3) is 6.08 Å². The van der Waals surface area contributed by atoms with Gasteiger partial charge in [0.15, 0.2) is 18.1 Å². The number of esters is 1. The lowest BCUT2D eigenvalue weighted by Crippen LogP contribution is -2.33. The first-order chi connectivity index (χ1) is 16.9. The summed E-state index contributed by atoms with van der Waals surface area (Å²) < 4.78 is 20.9. The third-order valence-corrected chi connectivity index (χ3v) is 5.58. The molecule has 0 atom stereocenters. The van der Waals surface area contributed by atoms with E-state index in [0.29, 0.717) is 34.1 Å². The molecule has 2 N–H and O–H groups in total. The van der Waals surface area contributed by atoms with Crippen LogP contribution in [-0.4, -0.2) is 51.8 Å². The lowest BCUT2D eigenvalue weighted by Gasteiger charge is -2.15. The van der Waals surface area contributed by atoms with Crippen molar-refractivity contribution in [2.24, 2.45) is 0 Å². The molecule has 3 rings (SSSR count). The Morgan fingerprint density at radius 1 is 0.971 bits per heavy atom. The molecule has 9 heteroatoms. The van der Waals surface area contributed by atoms with Crippen molar-refractivity contribution in [2.75, 3.05) is 33.3 Å². The zero-order valence-corrected chi connectivity index (χ0v) is 20.1. The zero-order chi connectivity index (χ0) is 25.2. The highest BCUT2D eigenvalue weighted by Gasteiger charge is 2.20. The molecule has 0 saturated heterocycles. The van der Waals surface area contributed by atoms with Gasteiger partial charge in [-0.15, -0.1) is 0 Å². The van der Waals surface area contributed by atoms with Gasteiger partial charge in [-0.05, 0) is 48.7 Å². The minimum Gasteiger partial charge on any atom is -0.493 e. The lowest BCUT2D eigenvalue weighted by molar-refractivity contribution is -0.142. The molecule has 1 aliphatic carbocycles. The molecule has 1 saturated carbocycles. The Morgan fingerprint density at radius 3 is 2.26 bits per heavy atom. The summed E-state index contributed by atoms with van der Waals surface area (Å²) in [6, 6.07) is 10.2. The first kappa shape index (κ1) is 25.6. The molecule has 0 unspecified atom stereocenters. The quantitative estimate of drug-likeness (QED) is 0.393. The number of nitrogens with one attached hydrogen (secondary N) is 2. The Morgan fingerprint density at radius 2 is 1.63 bits per heavy atom. The van der Waals surface area contributed by atoms with Crippen LogP contribution >= 0.6 is 0 Å². The fourth-order valence-corrected chi connectivity index (χ4v) is 3.86. The van der Waals surface area contributed by atoms with Gasteiger partial charge in [0.05, 0.1) is 32.6 Å². The van der Waals surface area contributed by atoms with Crippen molar-refractivity contribution in [2.45, 2.75) is 31.7 Å². The van der Waals surface area contributed by atoms with Crippen LogP contribution in [0.3, 0.4) is 0 Å². The van der Waals surface area contributed by atoms with Crippen molar-refractivity contribution < 1.29 is 33.3 Å². The average molecular weight is 483 g/mol. The van der Waals surface area contributed by atoms with Crippen LogP contribution in [0.5, 0.6) is 17.2 Å². The summed E-state index contributed by atoms with van der Waals surface area (Å²) in [5.74, 6) is -0.187. The smallest absolute Gasteiger partial charge is 0.331 e. The van der Waals surface area contributed by atoms with Gasteiger partial charge in [0, 0.05) is 12.1 Å². The Kier molecular flexibility index (Phi) is 9.11. The van der Waals surface area contributed by atoms with Crippen molar-refractivity contribution >= 4 is 29.5 Å². The van der Waals surface area contributed by atoms with E-state index in [9.17, 15) is 14.4 Å². The van der Waals surface area contributed by atoms with E-state index in [1.807, 2.05) is 0 Å². The third kappa shape index (κ3) is 6.99. The fraction of sp³-hybridized carbons (Fsp3) is 0.346. The molecule has 2 aromatic rings. The largest absolute Gasteiger partial charge is 0.493 e. The van der Waals surface area contributed by atoms with Gasteiger partial charge in [0.1, 0.15) is 0 Å². The second-order valence-corrected chi connectivity index (χ2v) is 7.95. The number of carbonyl (C=O) groups is 3. The summed E-state index contributed by atoms with van der Waals surface area (Å²) in [7, 11) is 4.49. The van der Waals surface area contributed by atoms with E-state index >= 15 is 0 Å². The van der Waals surface area contributed by atoms with Crippen molar-refractivity contribution in [1.82, 2.24) is 5.32 Å².